The van der Waals surface area contributed by atoms with Gasteiger partial charge in [0.2, 0.25) is 11.8 Å². The highest BCUT2D eigenvalue weighted by atomic mass is 16.2. The topological polar surface area (TPSA) is 108 Å². The van der Waals surface area contributed by atoms with Crippen molar-refractivity contribution in [2.45, 2.75) is 32.0 Å². The van der Waals surface area contributed by atoms with E-state index in [-0.39, 0.29) is 11.8 Å². The highest BCUT2D eigenvalue weighted by Gasteiger charge is 2.36. The maximum Gasteiger partial charge on any atom is 0.259 e. The Hall–Kier alpha value is -3.39. The maximum atomic E-state index is 12.7. The molecule has 8 nitrogen and oxygen atoms in total. The van der Waals surface area contributed by atoms with Crippen LogP contribution in [0.4, 0.5) is 0 Å². The Labute approximate surface area is 160 Å². The van der Waals surface area contributed by atoms with Crippen molar-refractivity contribution >= 4 is 23.6 Å². The number of hydrogen-bond acceptors (Lipinski definition) is 6. The van der Waals surface area contributed by atoms with Gasteiger partial charge in [0.05, 0.1) is 11.6 Å². The lowest BCUT2D eigenvalue weighted by Gasteiger charge is -2.29. The molecule has 0 aliphatic carbocycles. The van der Waals surface area contributed by atoms with E-state index in [9.17, 15) is 19.2 Å². The monoisotopic (exact) mass is 378 g/mol. The zero-order chi connectivity index (χ0) is 19.7. The second-order valence-corrected chi connectivity index (χ2v) is 6.84. The van der Waals surface area contributed by atoms with Crippen LogP contribution in [0.2, 0.25) is 0 Å². The summed E-state index contributed by atoms with van der Waals surface area (Å²) in [6.07, 6.45) is 3.70. The molecule has 0 bridgehead atoms. The van der Waals surface area contributed by atoms with Gasteiger partial charge in [-0.1, -0.05) is 12.1 Å². The first-order valence-corrected chi connectivity index (χ1v) is 8.97. The van der Waals surface area contributed by atoms with Crippen LogP contribution in [0.1, 0.15) is 44.7 Å². The highest BCUT2D eigenvalue weighted by Crippen LogP contribution is 2.29. The standard InChI is InChI=1S/C20H18N4O4/c25-17-7-6-16(20(28)22-17)24-10-13-3-1-5-14(15(13)11-24)19(27)23-18(26)12-4-2-8-21-9-12/h1-5,8-9,16H,6-7,10-11H2,(H,22,25,28)(H,23,26,27). The summed E-state index contributed by atoms with van der Waals surface area (Å²) in [5.41, 5.74) is 2.44. The van der Waals surface area contributed by atoms with Gasteiger partial charge >= 0.3 is 0 Å². The second kappa shape index (κ2) is 7.32. The van der Waals surface area contributed by atoms with Gasteiger partial charge in [-0.05, 0) is 35.7 Å². The van der Waals surface area contributed by atoms with E-state index in [0.717, 1.165) is 11.1 Å². The molecule has 0 saturated carbocycles. The average molecular weight is 378 g/mol. The van der Waals surface area contributed by atoms with Crippen LogP contribution in [-0.2, 0) is 22.7 Å². The van der Waals surface area contributed by atoms with E-state index in [2.05, 4.69) is 15.6 Å². The minimum absolute atomic E-state index is 0.257. The summed E-state index contributed by atoms with van der Waals surface area (Å²) in [6, 6.07) is 8.13. The van der Waals surface area contributed by atoms with Gasteiger partial charge in [-0.3, -0.25) is 39.7 Å². The number of hydrogen-bond donors (Lipinski definition) is 2. The Bertz CT molecular complexity index is 973. The SMILES string of the molecule is O=C1CCC(N2Cc3cccc(C(=O)NC(=O)c4cccnc4)c3C2)C(=O)N1. The minimum atomic E-state index is -0.518. The van der Waals surface area contributed by atoms with Crippen LogP contribution in [0.15, 0.2) is 42.7 Å². The van der Waals surface area contributed by atoms with Crippen LogP contribution in [0.3, 0.4) is 0 Å². The van der Waals surface area contributed by atoms with Gasteiger partial charge in [-0.15, -0.1) is 0 Å². The number of rotatable bonds is 3. The molecule has 1 aromatic carbocycles. The molecular weight excluding hydrogens is 360 g/mol. The Balaban J connectivity index is 1.51. The number of nitrogens with one attached hydrogen (secondary N) is 2. The summed E-state index contributed by atoms with van der Waals surface area (Å²) in [4.78, 5) is 54.3. The van der Waals surface area contributed by atoms with E-state index in [4.69, 9.17) is 0 Å². The van der Waals surface area contributed by atoms with Gasteiger partial charge in [0.1, 0.15) is 0 Å². The molecule has 142 valence electrons. The van der Waals surface area contributed by atoms with Gasteiger partial charge in [0, 0.05) is 37.5 Å². The third-order valence-electron chi connectivity index (χ3n) is 5.05. The molecular formula is C20H18N4O4. The summed E-state index contributed by atoms with van der Waals surface area (Å²) in [5, 5.41) is 4.76. The van der Waals surface area contributed by atoms with Crippen LogP contribution in [-0.4, -0.2) is 39.6 Å². The molecule has 1 atom stereocenters. The van der Waals surface area contributed by atoms with Gasteiger partial charge in [-0.25, -0.2) is 0 Å². The average Bonchev–Trinajstić information content (AvgIpc) is 3.12. The molecule has 4 rings (SSSR count). The summed E-state index contributed by atoms with van der Waals surface area (Å²) in [6.45, 7) is 0.922. The van der Waals surface area contributed by atoms with Gasteiger partial charge in [0.25, 0.3) is 11.8 Å². The van der Waals surface area contributed by atoms with Crippen molar-refractivity contribution in [2.75, 3.05) is 0 Å². The number of piperidine rings is 1. The number of pyridine rings is 1. The van der Waals surface area contributed by atoms with Crippen molar-refractivity contribution in [1.29, 1.82) is 0 Å². The van der Waals surface area contributed by atoms with E-state index in [1.165, 1.54) is 6.20 Å². The number of carbonyl (C=O) groups excluding carboxylic acids is 4. The third-order valence-corrected chi connectivity index (χ3v) is 5.05. The summed E-state index contributed by atoms with van der Waals surface area (Å²) in [7, 11) is 0. The van der Waals surface area contributed by atoms with Crippen molar-refractivity contribution in [3.63, 3.8) is 0 Å². The molecule has 2 aliphatic heterocycles. The molecule has 28 heavy (non-hydrogen) atoms. The van der Waals surface area contributed by atoms with E-state index in [1.54, 1.807) is 30.5 Å². The predicted molar refractivity (Wildman–Crippen MR) is 97.9 cm³/mol. The fourth-order valence-corrected chi connectivity index (χ4v) is 3.65. The molecule has 8 heteroatoms. The van der Waals surface area contributed by atoms with Crippen molar-refractivity contribution in [2.24, 2.45) is 0 Å². The number of aromatic nitrogens is 1. The molecule has 1 fully saturated rings. The summed E-state index contributed by atoms with van der Waals surface area (Å²) in [5.74, 6) is -1.57. The van der Waals surface area contributed by atoms with Crippen molar-refractivity contribution in [1.82, 2.24) is 20.5 Å². The Morgan fingerprint density at radius 1 is 1.11 bits per heavy atom. The Morgan fingerprint density at radius 3 is 2.71 bits per heavy atom. The van der Waals surface area contributed by atoms with Gasteiger partial charge in [-0.2, -0.15) is 0 Å². The summed E-state index contributed by atoms with van der Waals surface area (Å²) >= 11 is 0. The number of fused-ring (bicyclic) bond motifs is 1. The number of nitrogens with zero attached hydrogens (tertiary/aromatic N) is 2. The van der Waals surface area contributed by atoms with Crippen LogP contribution < -0.4 is 10.6 Å². The molecule has 1 saturated heterocycles. The van der Waals surface area contributed by atoms with E-state index in [1.807, 2.05) is 11.0 Å². The maximum absolute atomic E-state index is 12.7. The smallest absolute Gasteiger partial charge is 0.259 e. The zero-order valence-corrected chi connectivity index (χ0v) is 15.0. The molecule has 4 amide bonds. The second-order valence-electron chi connectivity index (χ2n) is 6.84. The van der Waals surface area contributed by atoms with Crippen molar-refractivity contribution in [3.05, 3.63) is 65.0 Å². The first kappa shape index (κ1) is 18.0. The third kappa shape index (κ3) is 3.41. The fraction of sp³-hybridized carbons (Fsp3) is 0.250. The first-order valence-electron chi connectivity index (χ1n) is 8.97. The zero-order valence-electron chi connectivity index (χ0n) is 15.0. The minimum Gasteiger partial charge on any atom is -0.295 e. The van der Waals surface area contributed by atoms with Crippen LogP contribution in [0, 0.1) is 0 Å². The van der Waals surface area contributed by atoms with Crippen LogP contribution >= 0.6 is 0 Å². The molecule has 1 unspecified atom stereocenters. The van der Waals surface area contributed by atoms with Gasteiger partial charge < -0.3 is 0 Å². The number of benzene rings is 1. The van der Waals surface area contributed by atoms with Crippen LogP contribution in [0.5, 0.6) is 0 Å². The number of carbonyl (C=O) groups is 4. The number of imide groups is 2. The Morgan fingerprint density at radius 2 is 1.96 bits per heavy atom. The predicted octanol–water partition coefficient (Wildman–Crippen LogP) is 0.773. The molecule has 2 aromatic rings. The molecule has 2 N–H and O–H groups in total. The van der Waals surface area contributed by atoms with Crippen molar-refractivity contribution in [3.8, 4) is 0 Å². The first-order chi connectivity index (χ1) is 13.5. The lowest BCUT2D eigenvalue weighted by atomic mass is 10.0. The van der Waals surface area contributed by atoms with Crippen molar-refractivity contribution < 1.29 is 19.2 Å². The molecule has 0 radical (unpaired) electrons. The fourth-order valence-electron chi connectivity index (χ4n) is 3.65. The van der Waals surface area contributed by atoms with E-state index in [0.29, 0.717) is 37.1 Å². The Kier molecular flexibility index (Phi) is 4.70. The van der Waals surface area contributed by atoms with E-state index >= 15 is 0 Å². The molecule has 1 aromatic heterocycles. The normalized spacial score (nSPS) is 19.1. The lowest BCUT2D eigenvalue weighted by molar-refractivity contribution is -0.137. The van der Waals surface area contributed by atoms with Crippen LogP contribution in [0.25, 0.3) is 0 Å². The number of amides is 4. The molecule has 3 heterocycles. The lowest BCUT2D eigenvalue weighted by Crippen LogP contribution is -2.50. The van der Waals surface area contributed by atoms with Gasteiger partial charge in [0.15, 0.2) is 0 Å². The highest BCUT2D eigenvalue weighted by molar-refractivity contribution is 6.11. The quantitative estimate of drug-likeness (QED) is 0.764. The summed E-state index contributed by atoms with van der Waals surface area (Å²) < 4.78 is 0. The largest absolute Gasteiger partial charge is 0.295 e. The molecule has 2 aliphatic rings. The van der Waals surface area contributed by atoms with E-state index < -0.39 is 17.9 Å². The molecule has 0 spiro atoms.